The quantitative estimate of drug-likeness (QED) is 0.160. The van der Waals surface area contributed by atoms with E-state index in [9.17, 15) is 0 Å². The van der Waals surface area contributed by atoms with E-state index in [4.69, 9.17) is 4.98 Å². The van der Waals surface area contributed by atoms with Crippen molar-refractivity contribution in [2.75, 3.05) is 0 Å². The molecular weight excluding hydrogens is 741 g/mol. The van der Waals surface area contributed by atoms with E-state index in [1.54, 1.807) is 0 Å². The fourth-order valence-corrected chi connectivity index (χ4v) is 9.91. The van der Waals surface area contributed by atoms with Crippen LogP contribution in [0.25, 0.3) is 116 Å². The summed E-state index contributed by atoms with van der Waals surface area (Å²) in [6.45, 7) is 0. The molecule has 10 aromatic carbocycles. The molecule has 0 amide bonds. The fraction of sp³-hybridized carbons (Fsp3) is 0. The molecule has 3 heterocycles. The van der Waals surface area contributed by atoms with E-state index in [1.165, 1.54) is 59.7 Å². The van der Waals surface area contributed by atoms with Crippen LogP contribution in [0.3, 0.4) is 0 Å². The number of imidazole rings is 1. The molecule has 0 saturated carbocycles. The van der Waals surface area contributed by atoms with Crippen LogP contribution in [0.15, 0.2) is 218 Å². The summed E-state index contributed by atoms with van der Waals surface area (Å²) in [6, 6.07) is 79.0. The summed E-state index contributed by atoms with van der Waals surface area (Å²) in [5.74, 6) is 0.912. The molecular formula is C57H36N4. The lowest BCUT2D eigenvalue weighted by atomic mass is 9.92. The van der Waals surface area contributed by atoms with Gasteiger partial charge in [-0.05, 0) is 104 Å². The first-order valence-electron chi connectivity index (χ1n) is 20.9. The molecule has 0 N–H and O–H groups in total. The van der Waals surface area contributed by atoms with Crippen molar-refractivity contribution in [3.05, 3.63) is 218 Å². The molecule has 0 atom stereocenters. The number of hydrogen-bond acceptors (Lipinski definition) is 1. The van der Waals surface area contributed by atoms with E-state index >= 15 is 0 Å². The zero-order valence-corrected chi connectivity index (χ0v) is 33.1. The van der Waals surface area contributed by atoms with Crippen molar-refractivity contribution < 1.29 is 0 Å². The van der Waals surface area contributed by atoms with Crippen molar-refractivity contribution >= 4 is 76.2 Å². The summed E-state index contributed by atoms with van der Waals surface area (Å²) in [4.78, 5) is 5.50. The molecule has 0 saturated heterocycles. The van der Waals surface area contributed by atoms with Gasteiger partial charge in [0.1, 0.15) is 11.3 Å². The minimum absolute atomic E-state index is 0.912. The number of fused-ring (bicyclic) bond motifs is 12. The van der Waals surface area contributed by atoms with E-state index in [2.05, 4.69) is 232 Å². The maximum Gasteiger partial charge on any atom is 0.165 e. The van der Waals surface area contributed by atoms with Gasteiger partial charge in [-0.25, -0.2) is 4.98 Å². The highest BCUT2D eigenvalue weighted by Crippen LogP contribution is 2.43. The monoisotopic (exact) mass is 776 g/mol. The Kier molecular flexibility index (Phi) is 7.27. The summed E-state index contributed by atoms with van der Waals surface area (Å²) < 4.78 is 7.11. The third-order valence-electron chi connectivity index (χ3n) is 12.6. The van der Waals surface area contributed by atoms with Crippen LogP contribution >= 0.6 is 0 Å². The summed E-state index contributed by atoms with van der Waals surface area (Å²) in [7, 11) is 0. The third-order valence-corrected chi connectivity index (χ3v) is 12.6. The van der Waals surface area contributed by atoms with E-state index in [-0.39, 0.29) is 0 Å². The van der Waals surface area contributed by atoms with Crippen molar-refractivity contribution in [2.24, 2.45) is 0 Å². The molecule has 3 aromatic heterocycles. The topological polar surface area (TPSA) is 27.7 Å². The van der Waals surface area contributed by atoms with Crippen LogP contribution in [-0.2, 0) is 0 Å². The van der Waals surface area contributed by atoms with Crippen LogP contribution in [0.5, 0.6) is 0 Å². The summed E-state index contributed by atoms with van der Waals surface area (Å²) >= 11 is 0. The molecule has 61 heavy (non-hydrogen) atoms. The molecule has 4 heteroatoms. The number of nitrogens with zero attached hydrogens (tertiary/aromatic N) is 4. The first-order valence-corrected chi connectivity index (χ1v) is 20.9. The lowest BCUT2D eigenvalue weighted by Crippen LogP contribution is -1.98. The first kappa shape index (κ1) is 33.7. The number of rotatable bonds is 5. The van der Waals surface area contributed by atoms with Crippen LogP contribution in [-0.4, -0.2) is 18.7 Å². The SMILES string of the molecule is c1ccc(-c2nc3c(c4cc5c(cc4n3-c3ccccc3)c3ccccc3n5-c3ccc(-c4ccc5c6ccccc6c6ccccc6c5c4)cc3)n2-c2ccccc2)cc1. The largest absolute Gasteiger partial charge is 0.309 e. The number of hydrogen-bond donors (Lipinski definition) is 0. The van der Waals surface area contributed by atoms with Gasteiger partial charge in [0.05, 0.1) is 16.6 Å². The normalized spacial score (nSPS) is 11.9. The van der Waals surface area contributed by atoms with Crippen molar-refractivity contribution in [2.45, 2.75) is 0 Å². The Bertz CT molecular complexity index is 3800. The lowest BCUT2D eigenvalue weighted by molar-refractivity contribution is 1.10. The Morgan fingerprint density at radius 2 is 0.738 bits per heavy atom. The summed E-state index contributed by atoms with van der Waals surface area (Å²) in [5, 5.41) is 11.3. The maximum absolute atomic E-state index is 5.50. The van der Waals surface area contributed by atoms with Gasteiger partial charge in [-0.2, -0.15) is 0 Å². The molecule has 0 radical (unpaired) electrons. The van der Waals surface area contributed by atoms with Gasteiger partial charge >= 0.3 is 0 Å². The Morgan fingerprint density at radius 1 is 0.262 bits per heavy atom. The van der Waals surface area contributed by atoms with Gasteiger partial charge in [0.2, 0.25) is 0 Å². The second kappa shape index (κ2) is 13.2. The third kappa shape index (κ3) is 5.03. The highest BCUT2D eigenvalue weighted by atomic mass is 15.2. The van der Waals surface area contributed by atoms with E-state index in [0.717, 1.165) is 56.0 Å². The highest BCUT2D eigenvalue weighted by molar-refractivity contribution is 6.26. The molecule has 0 bridgehead atoms. The molecule has 13 rings (SSSR count). The number of benzene rings is 10. The molecule has 0 spiro atoms. The van der Waals surface area contributed by atoms with Crippen LogP contribution in [0, 0.1) is 0 Å². The average Bonchev–Trinajstić information content (AvgIpc) is 3.98. The fourth-order valence-electron chi connectivity index (χ4n) is 9.91. The van der Waals surface area contributed by atoms with Crippen molar-refractivity contribution in [3.63, 3.8) is 0 Å². The van der Waals surface area contributed by atoms with Crippen molar-refractivity contribution in [1.29, 1.82) is 0 Å². The van der Waals surface area contributed by atoms with Gasteiger partial charge in [-0.3, -0.25) is 9.13 Å². The molecule has 4 nitrogen and oxygen atoms in total. The smallest absolute Gasteiger partial charge is 0.165 e. The van der Waals surface area contributed by atoms with Gasteiger partial charge in [-0.15, -0.1) is 0 Å². The van der Waals surface area contributed by atoms with Gasteiger partial charge < -0.3 is 4.57 Å². The summed E-state index contributed by atoms with van der Waals surface area (Å²) in [6.07, 6.45) is 0. The molecule has 0 aliphatic carbocycles. The van der Waals surface area contributed by atoms with Crippen LogP contribution in [0.2, 0.25) is 0 Å². The van der Waals surface area contributed by atoms with Gasteiger partial charge in [0, 0.05) is 38.8 Å². The molecule has 0 aliphatic rings. The molecule has 0 unspecified atom stereocenters. The summed E-state index contributed by atoms with van der Waals surface area (Å²) in [5.41, 5.74) is 12.2. The Labute approximate surface area is 351 Å². The van der Waals surface area contributed by atoms with E-state index in [1.807, 2.05) is 0 Å². The second-order valence-corrected chi connectivity index (χ2v) is 16.0. The average molecular weight is 777 g/mol. The minimum Gasteiger partial charge on any atom is -0.309 e. The standard InChI is InChI=1S/C57H36N4/c1-4-16-38(17-5-1)56-58-57-55(61(56)41-20-8-3-9-21-41)51-36-53-50(35-54(51)60(57)40-18-6-2-7-19-40)48-26-14-15-27-52(48)59(53)42-31-28-37(29-32-42)39-30-33-47-45-24-11-10-22-43(45)44-23-12-13-25-46(44)49(47)34-39/h1-36H. The zero-order chi connectivity index (χ0) is 40.0. The maximum atomic E-state index is 5.50. The zero-order valence-electron chi connectivity index (χ0n) is 33.1. The first-order chi connectivity index (χ1) is 30.3. The number of aromatic nitrogens is 4. The predicted octanol–water partition coefficient (Wildman–Crippen LogP) is 14.9. The van der Waals surface area contributed by atoms with Crippen molar-refractivity contribution in [3.8, 4) is 39.6 Å². The van der Waals surface area contributed by atoms with Gasteiger partial charge in [-0.1, -0.05) is 158 Å². The minimum atomic E-state index is 0.912. The molecule has 13 aromatic rings. The Morgan fingerprint density at radius 3 is 1.39 bits per heavy atom. The highest BCUT2D eigenvalue weighted by Gasteiger charge is 2.25. The predicted molar refractivity (Wildman–Crippen MR) is 256 cm³/mol. The Hall–Kier alpha value is -8.21. The molecule has 284 valence electrons. The Balaban J connectivity index is 1.05. The van der Waals surface area contributed by atoms with Gasteiger partial charge in [0.15, 0.2) is 5.65 Å². The van der Waals surface area contributed by atoms with Crippen molar-refractivity contribution in [1.82, 2.24) is 18.7 Å². The number of para-hydroxylation sites is 3. The second-order valence-electron chi connectivity index (χ2n) is 16.0. The van der Waals surface area contributed by atoms with Crippen LogP contribution in [0.1, 0.15) is 0 Å². The van der Waals surface area contributed by atoms with Crippen LogP contribution in [0.4, 0.5) is 0 Å². The molecule has 0 aliphatic heterocycles. The van der Waals surface area contributed by atoms with E-state index < -0.39 is 0 Å². The lowest BCUT2D eigenvalue weighted by Gasteiger charge is -2.13. The molecule has 0 fully saturated rings. The van der Waals surface area contributed by atoms with E-state index in [0.29, 0.717) is 0 Å². The van der Waals surface area contributed by atoms with Gasteiger partial charge in [0.25, 0.3) is 0 Å². The van der Waals surface area contributed by atoms with Crippen LogP contribution < -0.4 is 0 Å².